The molecule has 0 unspecified atom stereocenters. The van der Waals surface area contributed by atoms with Gasteiger partial charge in [-0.15, -0.1) is 0 Å². The molecule has 6 heteroatoms. The highest BCUT2D eigenvalue weighted by Crippen LogP contribution is 2.17. The van der Waals surface area contributed by atoms with Crippen LogP contribution in [0.5, 0.6) is 0 Å². The summed E-state index contributed by atoms with van der Waals surface area (Å²) in [6, 6.07) is 14.1. The molecule has 0 saturated heterocycles. The minimum atomic E-state index is -3.86. The normalized spacial score (nSPS) is 14.6. The lowest BCUT2D eigenvalue weighted by molar-refractivity contribution is 0.206. The third-order valence-electron chi connectivity index (χ3n) is 4.31. The van der Waals surface area contributed by atoms with Gasteiger partial charge in [0.25, 0.3) is 10.0 Å². The standard InChI is InChI=1S/C18H20N2O3S/c1-14-6-2-5-9-17(14)24(22,23)19-18(21)20-12-10-15-7-3-4-8-16(15)11-13-20/h2-9H,10-13H2,1H3,(H,19,21). The number of carbonyl (C=O) groups is 1. The van der Waals surface area contributed by atoms with Gasteiger partial charge in [0.05, 0.1) is 4.90 Å². The lowest BCUT2D eigenvalue weighted by Crippen LogP contribution is -2.44. The minimum absolute atomic E-state index is 0.136. The maximum absolute atomic E-state index is 12.5. The van der Waals surface area contributed by atoms with Crippen molar-refractivity contribution in [3.8, 4) is 0 Å². The fourth-order valence-electron chi connectivity index (χ4n) is 2.96. The first kappa shape index (κ1) is 16.5. The van der Waals surface area contributed by atoms with E-state index in [1.807, 2.05) is 12.1 Å². The van der Waals surface area contributed by atoms with Gasteiger partial charge in [0.15, 0.2) is 0 Å². The van der Waals surface area contributed by atoms with Crippen molar-refractivity contribution in [3.63, 3.8) is 0 Å². The molecule has 0 atom stereocenters. The van der Waals surface area contributed by atoms with Gasteiger partial charge in [0.1, 0.15) is 0 Å². The van der Waals surface area contributed by atoms with Crippen molar-refractivity contribution in [3.05, 3.63) is 65.2 Å². The summed E-state index contributed by atoms with van der Waals surface area (Å²) in [5, 5.41) is 0. The van der Waals surface area contributed by atoms with Crippen molar-refractivity contribution in [1.29, 1.82) is 0 Å². The Labute approximate surface area is 142 Å². The Hall–Kier alpha value is -2.34. The molecule has 0 spiro atoms. The molecular formula is C18H20N2O3S. The summed E-state index contributed by atoms with van der Waals surface area (Å²) in [5.74, 6) is 0. The molecule has 1 N–H and O–H groups in total. The van der Waals surface area contributed by atoms with E-state index >= 15 is 0 Å². The number of nitrogens with zero attached hydrogens (tertiary/aromatic N) is 1. The fraction of sp³-hybridized carbons (Fsp3) is 0.278. The van der Waals surface area contributed by atoms with Crippen molar-refractivity contribution in [2.24, 2.45) is 0 Å². The number of benzene rings is 2. The van der Waals surface area contributed by atoms with E-state index < -0.39 is 16.1 Å². The van der Waals surface area contributed by atoms with Crippen LogP contribution in [0.4, 0.5) is 4.79 Å². The first-order chi connectivity index (χ1) is 11.5. The van der Waals surface area contributed by atoms with Gasteiger partial charge < -0.3 is 4.90 Å². The molecule has 2 aromatic carbocycles. The first-order valence-corrected chi connectivity index (χ1v) is 9.40. The zero-order valence-electron chi connectivity index (χ0n) is 13.5. The third kappa shape index (κ3) is 3.43. The highest BCUT2D eigenvalue weighted by molar-refractivity contribution is 7.90. The predicted molar refractivity (Wildman–Crippen MR) is 92.3 cm³/mol. The summed E-state index contributed by atoms with van der Waals surface area (Å²) in [4.78, 5) is 14.1. The van der Waals surface area contributed by atoms with E-state index in [-0.39, 0.29) is 4.90 Å². The lowest BCUT2D eigenvalue weighted by Gasteiger charge is -2.21. The second-order valence-corrected chi connectivity index (χ2v) is 7.58. The molecule has 0 fully saturated rings. The summed E-state index contributed by atoms with van der Waals surface area (Å²) in [5.41, 5.74) is 3.05. The van der Waals surface area contributed by atoms with Crippen LogP contribution in [-0.2, 0) is 22.9 Å². The molecule has 2 aromatic rings. The first-order valence-electron chi connectivity index (χ1n) is 7.91. The van der Waals surface area contributed by atoms with Gasteiger partial charge in [-0.3, -0.25) is 0 Å². The summed E-state index contributed by atoms with van der Waals surface area (Å²) >= 11 is 0. The molecular weight excluding hydrogens is 324 g/mol. The number of carbonyl (C=O) groups excluding carboxylic acids is 1. The van der Waals surface area contributed by atoms with Crippen molar-refractivity contribution in [2.75, 3.05) is 13.1 Å². The number of aryl methyl sites for hydroxylation is 1. The molecule has 3 rings (SSSR count). The zero-order chi connectivity index (χ0) is 17.2. The van der Waals surface area contributed by atoms with Crippen LogP contribution >= 0.6 is 0 Å². The molecule has 1 aliphatic heterocycles. The number of rotatable bonds is 2. The highest BCUT2D eigenvalue weighted by Gasteiger charge is 2.24. The Morgan fingerprint density at radius 3 is 2.08 bits per heavy atom. The van der Waals surface area contributed by atoms with Crippen LogP contribution < -0.4 is 4.72 Å². The van der Waals surface area contributed by atoms with Crippen LogP contribution in [0.1, 0.15) is 16.7 Å². The molecule has 0 bridgehead atoms. The molecule has 0 aliphatic carbocycles. The van der Waals surface area contributed by atoms with Gasteiger partial charge in [-0.2, -0.15) is 0 Å². The fourth-order valence-corrected chi connectivity index (χ4v) is 4.18. The number of sulfonamides is 1. The molecule has 24 heavy (non-hydrogen) atoms. The smallest absolute Gasteiger partial charge is 0.323 e. The molecule has 2 amide bonds. The molecule has 126 valence electrons. The van der Waals surface area contributed by atoms with E-state index in [4.69, 9.17) is 0 Å². The van der Waals surface area contributed by atoms with E-state index in [0.717, 1.165) is 12.8 Å². The molecule has 0 radical (unpaired) electrons. The Morgan fingerprint density at radius 1 is 0.958 bits per heavy atom. The van der Waals surface area contributed by atoms with Crippen LogP contribution in [-0.4, -0.2) is 32.4 Å². The Morgan fingerprint density at radius 2 is 1.50 bits per heavy atom. The predicted octanol–water partition coefficient (Wildman–Crippen LogP) is 2.49. The van der Waals surface area contributed by atoms with E-state index in [2.05, 4.69) is 16.9 Å². The van der Waals surface area contributed by atoms with Crippen LogP contribution in [0.15, 0.2) is 53.4 Å². The van der Waals surface area contributed by atoms with E-state index in [9.17, 15) is 13.2 Å². The van der Waals surface area contributed by atoms with E-state index in [1.165, 1.54) is 17.2 Å². The second kappa shape index (κ2) is 6.65. The Kier molecular flexibility index (Phi) is 4.57. The number of fused-ring (bicyclic) bond motifs is 1. The summed E-state index contributed by atoms with van der Waals surface area (Å²) in [6.45, 7) is 2.72. The number of urea groups is 1. The SMILES string of the molecule is Cc1ccccc1S(=O)(=O)NC(=O)N1CCc2ccccc2CC1. The third-order valence-corrected chi connectivity index (χ3v) is 5.79. The average Bonchev–Trinajstić information content (AvgIpc) is 2.77. The number of hydrogen-bond donors (Lipinski definition) is 1. The summed E-state index contributed by atoms with van der Waals surface area (Å²) in [7, 11) is -3.86. The van der Waals surface area contributed by atoms with Crippen molar-refractivity contribution < 1.29 is 13.2 Å². The van der Waals surface area contributed by atoms with Gasteiger partial charge in [0, 0.05) is 13.1 Å². The lowest BCUT2D eigenvalue weighted by atomic mass is 10.0. The Bertz CT molecular complexity index is 835. The van der Waals surface area contributed by atoms with Crippen molar-refractivity contribution >= 4 is 16.1 Å². The van der Waals surface area contributed by atoms with E-state index in [0.29, 0.717) is 18.7 Å². The molecule has 1 aliphatic rings. The molecule has 1 heterocycles. The highest BCUT2D eigenvalue weighted by atomic mass is 32.2. The van der Waals surface area contributed by atoms with Crippen LogP contribution in [0.3, 0.4) is 0 Å². The van der Waals surface area contributed by atoms with Crippen LogP contribution in [0.2, 0.25) is 0 Å². The number of nitrogens with one attached hydrogen (secondary N) is 1. The number of hydrogen-bond acceptors (Lipinski definition) is 3. The minimum Gasteiger partial charge on any atom is -0.323 e. The number of amides is 2. The van der Waals surface area contributed by atoms with Gasteiger partial charge >= 0.3 is 6.03 Å². The topological polar surface area (TPSA) is 66.5 Å². The zero-order valence-corrected chi connectivity index (χ0v) is 14.3. The van der Waals surface area contributed by atoms with Crippen molar-refractivity contribution in [1.82, 2.24) is 9.62 Å². The van der Waals surface area contributed by atoms with Gasteiger partial charge in [-0.1, -0.05) is 42.5 Å². The monoisotopic (exact) mass is 344 g/mol. The van der Waals surface area contributed by atoms with Crippen molar-refractivity contribution in [2.45, 2.75) is 24.7 Å². The van der Waals surface area contributed by atoms with Crippen LogP contribution in [0, 0.1) is 6.92 Å². The van der Waals surface area contributed by atoms with Gasteiger partial charge in [-0.25, -0.2) is 17.9 Å². The largest absolute Gasteiger partial charge is 0.331 e. The maximum atomic E-state index is 12.5. The quantitative estimate of drug-likeness (QED) is 0.910. The van der Waals surface area contributed by atoms with Gasteiger partial charge in [-0.05, 0) is 42.5 Å². The summed E-state index contributed by atoms with van der Waals surface area (Å²) < 4.78 is 27.1. The summed E-state index contributed by atoms with van der Waals surface area (Å²) in [6.07, 6.45) is 1.46. The molecule has 0 saturated carbocycles. The average molecular weight is 344 g/mol. The Balaban J connectivity index is 1.73. The van der Waals surface area contributed by atoms with Gasteiger partial charge in [0.2, 0.25) is 0 Å². The van der Waals surface area contributed by atoms with Crippen LogP contribution in [0.25, 0.3) is 0 Å². The van der Waals surface area contributed by atoms with E-state index in [1.54, 1.807) is 30.0 Å². The maximum Gasteiger partial charge on any atom is 0.331 e. The second-order valence-electron chi connectivity index (χ2n) is 5.93. The molecule has 0 aromatic heterocycles. The molecule has 5 nitrogen and oxygen atoms in total.